The van der Waals surface area contributed by atoms with Crippen LogP contribution in [0.15, 0.2) is 30.5 Å². The maximum absolute atomic E-state index is 11.6. The summed E-state index contributed by atoms with van der Waals surface area (Å²) in [6, 6.07) is 7.89. The molecule has 0 radical (unpaired) electrons. The summed E-state index contributed by atoms with van der Waals surface area (Å²) in [5.41, 5.74) is 3.66. The van der Waals surface area contributed by atoms with Crippen LogP contribution in [0.2, 0.25) is 0 Å². The van der Waals surface area contributed by atoms with Gasteiger partial charge in [-0.15, -0.1) is 0 Å². The first-order chi connectivity index (χ1) is 12.4. The first-order valence-corrected chi connectivity index (χ1v) is 10.5. The Bertz CT molecular complexity index is 1020. The Labute approximate surface area is 152 Å². The van der Waals surface area contributed by atoms with Crippen molar-refractivity contribution in [2.24, 2.45) is 0 Å². The number of para-hydroxylation sites is 2. The summed E-state index contributed by atoms with van der Waals surface area (Å²) in [4.78, 5) is 17.2. The number of nitrogens with one attached hydrogen (secondary N) is 1. The minimum atomic E-state index is -3.12. The number of aromatic amines is 1. The van der Waals surface area contributed by atoms with E-state index in [0.717, 1.165) is 46.8 Å². The number of imidazole rings is 1. The van der Waals surface area contributed by atoms with Gasteiger partial charge >= 0.3 is 0 Å². The summed E-state index contributed by atoms with van der Waals surface area (Å²) in [6.07, 6.45) is 4.57. The molecule has 1 N–H and O–H groups in total. The molecule has 0 spiro atoms. The van der Waals surface area contributed by atoms with Gasteiger partial charge in [0, 0.05) is 25.2 Å². The number of fused-ring (bicyclic) bond motifs is 1. The number of aryl methyl sites for hydroxylation is 1. The summed E-state index contributed by atoms with van der Waals surface area (Å²) in [6.45, 7) is 3.01. The molecule has 1 fully saturated rings. The fourth-order valence-electron chi connectivity index (χ4n) is 3.44. The zero-order chi connectivity index (χ0) is 18.3. The molecule has 3 heterocycles. The van der Waals surface area contributed by atoms with Crippen molar-refractivity contribution in [2.45, 2.75) is 25.7 Å². The number of nitrogens with zero attached hydrogens (tertiary/aromatic N) is 4. The summed E-state index contributed by atoms with van der Waals surface area (Å²) in [5, 5.41) is 0. The average Bonchev–Trinajstić information content (AvgIpc) is 3.04. The van der Waals surface area contributed by atoms with Gasteiger partial charge in [0.2, 0.25) is 10.0 Å². The second-order valence-corrected chi connectivity index (χ2v) is 8.75. The van der Waals surface area contributed by atoms with Crippen molar-refractivity contribution >= 4 is 21.1 Å². The van der Waals surface area contributed by atoms with Gasteiger partial charge in [-0.05, 0) is 31.9 Å². The lowest BCUT2D eigenvalue weighted by atomic mass is 9.97. The number of sulfonamides is 1. The Balaban J connectivity index is 1.57. The minimum absolute atomic E-state index is 0.191. The van der Waals surface area contributed by atoms with E-state index in [9.17, 15) is 8.42 Å². The molecule has 1 aliphatic heterocycles. The van der Waals surface area contributed by atoms with Gasteiger partial charge in [-0.2, -0.15) is 0 Å². The van der Waals surface area contributed by atoms with E-state index in [2.05, 4.69) is 15.0 Å². The Morgan fingerprint density at radius 2 is 1.88 bits per heavy atom. The molecule has 4 rings (SSSR count). The smallest absolute Gasteiger partial charge is 0.211 e. The van der Waals surface area contributed by atoms with Gasteiger partial charge in [0.1, 0.15) is 11.6 Å². The van der Waals surface area contributed by atoms with Gasteiger partial charge in [-0.3, -0.25) is 0 Å². The first-order valence-electron chi connectivity index (χ1n) is 8.65. The Kier molecular flexibility index (Phi) is 4.24. The van der Waals surface area contributed by atoms with Crippen molar-refractivity contribution in [3.05, 3.63) is 42.0 Å². The molecular weight excluding hydrogens is 350 g/mol. The van der Waals surface area contributed by atoms with Crippen molar-refractivity contribution in [1.82, 2.24) is 24.2 Å². The van der Waals surface area contributed by atoms with Crippen LogP contribution in [0.1, 0.15) is 30.3 Å². The molecule has 8 heteroatoms. The molecule has 136 valence electrons. The molecule has 0 aliphatic carbocycles. The van der Waals surface area contributed by atoms with Crippen LogP contribution in [0.4, 0.5) is 0 Å². The molecule has 0 atom stereocenters. The van der Waals surface area contributed by atoms with Crippen molar-refractivity contribution in [2.75, 3.05) is 19.3 Å². The summed E-state index contributed by atoms with van der Waals surface area (Å²) < 4.78 is 24.8. The van der Waals surface area contributed by atoms with E-state index in [1.54, 1.807) is 0 Å². The second-order valence-electron chi connectivity index (χ2n) is 6.77. The quantitative estimate of drug-likeness (QED) is 0.763. The molecule has 0 unspecified atom stereocenters. The standard InChI is InChI=1S/C18H21N5O2S/c1-12-14(18-21-15-5-3-4-6-16(15)22-18)11-19-17(20-12)13-7-9-23(10-8-13)26(2,24)25/h3-6,11,13H,7-10H2,1-2H3,(H,21,22). The number of hydrogen-bond acceptors (Lipinski definition) is 5. The highest BCUT2D eigenvalue weighted by atomic mass is 32.2. The Morgan fingerprint density at radius 3 is 2.54 bits per heavy atom. The zero-order valence-corrected chi connectivity index (χ0v) is 15.6. The maximum Gasteiger partial charge on any atom is 0.211 e. The lowest BCUT2D eigenvalue weighted by molar-refractivity contribution is 0.315. The highest BCUT2D eigenvalue weighted by Gasteiger charge is 2.27. The lowest BCUT2D eigenvalue weighted by Crippen LogP contribution is -2.37. The van der Waals surface area contributed by atoms with Gasteiger partial charge in [-0.25, -0.2) is 27.7 Å². The minimum Gasteiger partial charge on any atom is -0.338 e. The molecule has 0 amide bonds. The number of hydrogen-bond donors (Lipinski definition) is 1. The highest BCUT2D eigenvalue weighted by molar-refractivity contribution is 7.88. The summed E-state index contributed by atoms with van der Waals surface area (Å²) in [5.74, 6) is 1.74. The van der Waals surface area contributed by atoms with E-state index in [1.165, 1.54) is 10.6 Å². The van der Waals surface area contributed by atoms with Gasteiger partial charge in [0.05, 0.1) is 28.5 Å². The van der Waals surface area contributed by atoms with Crippen LogP contribution in [-0.4, -0.2) is 52.0 Å². The SMILES string of the molecule is Cc1nc(C2CCN(S(C)(=O)=O)CC2)ncc1-c1nc2ccccc2[nH]1. The third-order valence-corrected chi connectivity index (χ3v) is 6.23. The van der Waals surface area contributed by atoms with Crippen LogP contribution < -0.4 is 0 Å². The molecular formula is C18H21N5O2S. The van der Waals surface area contributed by atoms with E-state index in [-0.39, 0.29) is 5.92 Å². The third-order valence-electron chi connectivity index (χ3n) is 4.93. The first kappa shape index (κ1) is 17.1. The van der Waals surface area contributed by atoms with E-state index < -0.39 is 10.0 Å². The van der Waals surface area contributed by atoms with Gasteiger partial charge in [0.15, 0.2) is 0 Å². The van der Waals surface area contributed by atoms with Crippen molar-refractivity contribution in [3.8, 4) is 11.4 Å². The molecule has 1 aliphatic rings. The van der Waals surface area contributed by atoms with E-state index in [0.29, 0.717) is 13.1 Å². The molecule has 0 saturated carbocycles. The zero-order valence-electron chi connectivity index (χ0n) is 14.8. The predicted octanol–water partition coefficient (Wildman–Crippen LogP) is 2.47. The lowest BCUT2D eigenvalue weighted by Gasteiger charge is -2.29. The monoisotopic (exact) mass is 371 g/mol. The largest absolute Gasteiger partial charge is 0.338 e. The topological polar surface area (TPSA) is 91.8 Å². The van der Waals surface area contributed by atoms with Crippen molar-refractivity contribution in [1.29, 1.82) is 0 Å². The number of rotatable bonds is 3. The van der Waals surface area contributed by atoms with Crippen LogP contribution in [0.5, 0.6) is 0 Å². The molecule has 26 heavy (non-hydrogen) atoms. The molecule has 1 saturated heterocycles. The van der Waals surface area contributed by atoms with Crippen LogP contribution >= 0.6 is 0 Å². The Morgan fingerprint density at radius 1 is 1.15 bits per heavy atom. The van der Waals surface area contributed by atoms with E-state index in [4.69, 9.17) is 4.98 Å². The average molecular weight is 371 g/mol. The van der Waals surface area contributed by atoms with Crippen molar-refractivity contribution < 1.29 is 8.42 Å². The molecule has 1 aromatic carbocycles. The number of benzene rings is 1. The van der Waals surface area contributed by atoms with Gasteiger partial charge in [-0.1, -0.05) is 12.1 Å². The highest BCUT2D eigenvalue weighted by Crippen LogP contribution is 2.29. The molecule has 2 aromatic heterocycles. The van der Waals surface area contributed by atoms with Gasteiger partial charge in [0.25, 0.3) is 0 Å². The number of H-pyrrole nitrogens is 1. The van der Waals surface area contributed by atoms with E-state index in [1.807, 2.05) is 37.4 Å². The van der Waals surface area contributed by atoms with Crippen LogP contribution in [0.3, 0.4) is 0 Å². The Hall–Kier alpha value is -2.32. The van der Waals surface area contributed by atoms with Crippen LogP contribution in [-0.2, 0) is 10.0 Å². The fraction of sp³-hybridized carbons (Fsp3) is 0.389. The molecule has 0 bridgehead atoms. The van der Waals surface area contributed by atoms with Crippen LogP contribution in [0, 0.1) is 6.92 Å². The summed E-state index contributed by atoms with van der Waals surface area (Å²) in [7, 11) is -3.12. The van der Waals surface area contributed by atoms with Gasteiger partial charge < -0.3 is 4.98 Å². The van der Waals surface area contributed by atoms with E-state index >= 15 is 0 Å². The van der Waals surface area contributed by atoms with Crippen LogP contribution in [0.25, 0.3) is 22.4 Å². The summed E-state index contributed by atoms with van der Waals surface area (Å²) >= 11 is 0. The third kappa shape index (κ3) is 3.22. The normalized spacial score (nSPS) is 17.0. The fourth-order valence-corrected chi connectivity index (χ4v) is 4.31. The number of aromatic nitrogens is 4. The number of piperidine rings is 1. The predicted molar refractivity (Wildman–Crippen MR) is 100 cm³/mol. The maximum atomic E-state index is 11.6. The van der Waals surface area contributed by atoms with Crippen molar-refractivity contribution in [3.63, 3.8) is 0 Å². The molecule has 7 nitrogen and oxygen atoms in total. The molecule has 3 aromatic rings. The second kappa shape index (κ2) is 6.44.